The molecule has 0 aromatic heterocycles. The summed E-state index contributed by atoms with van der Waals surface area (Å²) in [5, 5.41) is 0. The Labute approximate surface area is 74.2 Å². The molecular weight excluding hydrogens is 148 g/mol. The van der Waals surface area contributed by atoms with Crippen molar-refractivity contribution in [1.29, 1.82) is 0 Å². The molecule has 0 bridgehead atoms. The Hall–Kier alpha value is -0.850. The van der Waals surface area contributed by atoms with Gasteiger partial charge in [0, 0.05) is 12.3 Å². The minimum Gasteiger partial charge on any atom is -0.299 e. The minimum absolute atomic E-state index is 0.301. The second-order valence-electron chi connectivity index (χ2n) is 3.31. The van der Waals surface area contributed by atoms with E-state index in [1.165, 1.54) is 6.42 Å². The van der Waals surface area contributed by atoms with Crippen LogP contribution in [0.25, 0.3) is 0 Å². The molecule has 0 aromatic rings. The molecule has 0 aliphatic heterocycles. The van der Waals surface area contributed by atoms with Crippen molar-refractivity contribution in [2.24, 2.45) is 5.92 Å². The molecule has 0 heterocycles. The fourth-order valence-corrected chi connectivity index (χ4v) is 1.64. The van der Waals surface area contributed by atoms with Crippen molar-refractivity contribution in [3.05, 3.63) is 24.8 Å². The predicted molar refractivity (Wildman–Crippen MR) is 50.9 cm³/mol. The Kier molecular flexibility index (Phi) is 3.78. The lowest BCUT2D eigenvalue weighted by molar-refractivity contribution is -0.124. The molecule has 0 aromatic carbocycles. The van der Waals surface area contributed by atoms with E-state index in [4.69, 9.17) is 0 Å². The molecule has 0 saturated heterocycles. The molecule has 0 amide bonds. The van der Waals surface area contributed by atoms with Crippen LogP contribution in [-0.4, -0.2) is 5.78 Å². The van der Waals surface area contributed by atoms with Gasteiger partial charge in [-0.3, -0.25) is 4.79 Å². The van der Waals surface area contributed by atoms with Gasteiger partial charge in [0.15, 0.2) is 0 Å². The average molecular weight is 164 g/mol. The molecule has 1 fully saturated rings. The molecule has 1 rings (SSSR count). The van der Waals surface area contributed by atoms with Crippen LogP contribution in [0.4, 0.5) is 0 Å². The monoisotopic (exact) mass is 164 g/mol. The number of hydrogen-bond donors (Lipinski definition) is 0. The Morgan fingerprint density at radius 3 is 3.00 bits per heavy atom. The van der Waals surface area contributed by atoms with Crippen molar-refractivity contribution in [2.75, 3.05) is 0 Å². The summed E-state index contributed by atoms with van der Waals surface area (Å²) in [6.45, 7) is 3.59. The highest BCUT2D eigenvalue weighted by Gasteiger charge is 2.20. The summed E-state index contributed by atoms with van der Waals surface area (Å²) >= 11 is 0. The van der Waals surface area contributed by atoms with Gasteiger partial charge in [0.05, 0.1) is 0 Å². The number of hydrogen-bond acceptors (Lipinski definition) is 1. The Bertz CT molecular complexity index is 191. The van der Waals surface area contributed by atoms with Crippen LogP contribution < -0.4 is 0 Å². The summed E-state index contributed by atoms with van der Waals surface area (Å²) in [4.78, 5) is 11.3. The van der Waals surface area contributed by atoms with Gasteiger partial charge in [0.1, 0.15) is 5.78 Å². The molecule has 1 unspecified atom stereocenters. The first-order valence-electron chi connectivity index (χ1n) is 4.65. The first-order valence-corrected chi connectivity index (χ1v) is 4.65. The van der Waals surface area contributed by atoms with Crippen LogP contribution in [0.5, 0.6) is 0 Å². The molecule has 66 valence electrons. The van der Waals surface area contributed by atoms with Crippen LogP contribution in [0.3, 0.4) is 0 Å². The van der Waals surface area contributed by atoms with Gasteiger partial charge in [-0.2, -0.15) is 0 Å². The number of Topliss-reactive ketones (excluding diaryl/α,β-unsaturated/α-hetero) is 1. The lowest BCUT2D eigenvalue weighted by Gasteiger charge is -2.18. The van der Waals surface area contributed by atoms with Crippen molar-refractivity contribution < 1.29 is 4.79 Å². The standard InChI is InChI=1S/C11H16O/c1-2-3-4-7-10-8-5-6-9-11(10)12/h2-4,10H,1,5-9H2/b4-3+. The zero-order valence-corrected chi connectivity index (χ0v) is 7.46. The van der Waals surface area contributed by atoms with E-state index < -0.39 is 0 Å². The summed E-state index contributed by atoms with van der Waals surface area (Å²) in [5.74, 6) is 0.755. The van der Waals surface area contributed by atoms with Crippen LogP contribution in [0.15, 0.2) is 24.8 Å². The Morgan fingerprint density at radius 2 is 2.33 bits per heavy atom. The highest BCUT2D eigenvalue weighted by atomic mass is 16.1. The quantitative estimate of drug-likeness (QED) is 0.586. The molecule has 0 N–H and O–H groups in total. The maximum absolute atomic E-state index is 11.3. The van der Waals surface area contributed by atoms with Crippen LogP contribution >= 0.6 is 0 Å². The van der Waals surface area contributed by atoms with Crippen molar-refractivity contribution in [3.8, 4) is 0 Å². The molecule has 0 spiro atoms. The highest BCUT2D eigenvalue weighted by molar-refractivity contribution is 5.81. The summed E-state index contributed by atoms with van der Waals surface area (Å²) < 4.78 is 0. The molecule has 12 heavy (non-hydrogen) atoms. The Morgan fingerprint density at radius 1 is 1.50 bits per heavy atom. The molecule has 1 aliphatic rings. The van der Waals surface area contributed by atoms with E-state index in [0.29, 0.717) is 11.7 Å². The first kappa shape index (κ1) is 9.24. The van der Waals surface area contributed by atoms with E-state index in [9.17, 15) is 4.79 Å². The maximum Gasteiger partial charge on any atom is 0.136 e. The molecule has 1 heteroatoms. The normalized spacial score (nSPS) is 24.7. The zero-order valence-electron chi connectivity index (χ0n) is 7.46. The lowest BCUT2D eigenvalue weighted by atomic mass is 9.86. The van der Waals surface area contributed by atoms with Gasteiger partial charge < -0.3 is 0 Å². The van der Waals surface area contributed by atoms with Crippen LogP contribution in [0, 0.1) is 5.92 Å². The molecule has 0 radical (unpaired) electrons. The van der Waals surface area contributed by atoms with Crippen LogP contribution in [-0.2, 0) is 4.79 Å². The van der Waals surface area contributed by atoms with Gasteiger partial charge in [0.2, 0.25) is 0 Å². The SMILES string of the molecule is C=C/C=C/CC1CCCCC1=O. The Balaban J connectivity index is 2.34. The van der Waals surface area contributed by atoms with Crippen LogP contribution in [0.1, 0.15) is 32.1 Å². The average Bonchev–Trinajstić information content (AvgIpc) is 2.09. The fourth-order valence-electron chi connectivity index (χ4n) is 1.64. The number of carbonyl (C=O) groups is 1. The maximum atomic E-state index is 11.3. The van der Waals surface area contributed by atoms with Gasteiger partial charge >= 0.3 is 0 Å². The number of carbonyl (C=O) groups excluding carboxylic acids is 1. The third-order valence-corrected chi connectivity index (χ3v) is 2.37. The lowest BCUT2D eigenvalue weighted by Crippen LogP contribution is -2.17. The molecular formula is C11H16O. The van der Waals surface area contributed by atoms with E-state index in [1.807, 2.05) is 12.2 Å². The van der Waals surface area contributed by atoms with E-state index >= 15 is 0 Å². The topological polar surface area (TPSA) is 17.1 Å². The summed E-state index contributed by atoms with van der Waals surface area (Å²) in [6.07, 6.45) is 10.8. The smallest absolute Gasteiger partial charge is 0.136 e. The van der Waals surface area contributed by atoms with Crippen molar-refractivity contribution in [1.82, 2.24) is 0 Å². The van der Waals surface area contributed by atoms with Gasteiger partial charge in [-0.05, 0) is 19.3 Å². The molecule has 1 aliphatic carbocycles. The van der Waals surface area contributed by atoms with Gasteiger partial charge in [-0.25, -0.2) is 0 Å². The minimum atomic E-state index is 0.301. The van der Waals surface area contributed by atoms with Gasteiger partial charge in [-0.15, -0.1) is 0 Å². The highest BCUT2D eigenvalue weighted by Crippen LogP contribution is 2.23. The second-order valence-corrected chi connectivity index (χ2v) is 3.31. The summed E-state index contributed by atoms with van der Waals surface area (Å²) in [5.41, 5.74) is 0. The fraction of sp³-hybridized carbons (Fsp3) is 0.545. The number of rotatable bonds is 3. The summed E-state index contributed by atoms with van der Waals surface area (Å²) in [6, 6.07) is 0. The summed E-state index contributed by atoms with van der Waals surface area (Å²) in [7, 11) is 0. The first-order chi connectivity index (χ1) is 5.84. The van der Waals surface area contributed by atoms with E-state index in [-0.39, 0.29) is 0 Å². The number of ketones is 1. The van der Waals surface area contributed by atoms with Gasteiger partial charge in [0.25, 0.3) is 0 Å². The zero-order chi connectivity index (χ0) is 8.81. The van der Waals surface area contributed by atoms with Crippen molar-refractivity contribution in [3.63, 3.8) is 0 Å². The second kappa shape index (κ2) is 4.91. The molecule has 1 atom stereocenters. The van der Waals surface area contributed by atoms with Gasteiger partial charge in [-0.1, -0.05) is 31.2 Å². The third-order valence-electron chi connectivity index (χ3n) is 2.37. The molecule has 1 saturated carbocycles. The molecule has 1 nitrogen and oxygen atoms in total. The van der Waals surface area contributed by atoms with Crippen LogP contribution in [0.2, 0.25) is 0 Å². The largest absolute Gasteiger partial charge is 0.299 e. The third kappa shape index (κ3) is 2.65. The van der Waals surface area contributed by atoms with Crippen molar-refractivity contribution >= 4 is 5.78 Å². The predicted octanol–water partition coefficient (Wildman–Crippen LogP) is 2.88. The number of allylic oxidation sites excluding steroid dienone is 3. The van der Waals surface area contributed by atoms with Crippen molar-refractivity contribution in [2.45, 2.75) is 32.1 Å². The van der Waals surface area contributed by atoms with E-state index in [2.05, 4.69) is 6.58 Å². The van der Waals surface area contributed by atoms with E-state index in [1.54, 1.807) is 6.08 Å². The van der Waals surface area contributed by atoms with E-state index in [0.717, 1.165) is 25.7 Å².